The van der Waals surface area contributed by atoms with E-state index < -0.39 is 0 Å². The van der Waals surface area contributed by atoms with Crippen molar-refractivity contribution >= 4 is 11.4 Å². The summed E-state index contributed by atoms with van der Waals surface area (Å²) in [7, 11) is 0. The molecule has 0 bridgehead atoms. The minimum Gasteiger partial charge on any atom is -0.399 e. The summed E-state index contributed by atoms with van der Waals surface area (Å²) in [6, 6.07) is 7.65. The fourth-order valence-electron chi connectivity index (χ4n) is 1.55. The molecule has 1 heterocycles. The van der Waals surface area contributed by atoms with Crippen LogP contribution in [0.15, 0.2) is 28.8 Å². The quantitative estimate of drug-likeness (QED) is 0.775. The molecule has 1 aromatic heterocycles. The lowest BCUT2D eigenvalue weighted by Gasteiger charge is -2.05. The Kier molecular flexibility index (Phi) is 2.81. The van der Waals surface area contributed by atoms with Gasteiger partial charge in [0.1, 0.15) is 5.76 Å². The molecule has 0 radical (unpaired) electrons. The molecule has 0 aliphatic rings. The monoisotopic (exact) mass is 217 g/mol. The summed E-state index contributed by atoms with van der Waals surface area (Å²) < 4.78 is 5.09. The number of rotatable bonds is 3. The van der Waals surface area contributed by atoms with E-state index in [1.165, 1.54) is 0 Å². The number of nitrogens with two attached hydrogens (primary N) is 1. The lowest BCUT2D eigenvalue weighted by atomic mass is 10.2. The maximum absolute atomic E-state index is 5.61. The summed E-state index contributed by atoms with van der Waals surface area (Å²) in [5.41, 5.74) is 9.45. The van der Waals surface area contributed by atoms with Crippen molar-refractivity contribution < 1.29 is 4.52 Å². The Hall–Kier alpha value is -1.97. The normalized spacial score (nSPS) is 10.4. The van der Waals surface area contributed by atoms with Crippen LogP contribution in [0.1, 0.15) is 17.0 Å². The fraction of sp³-hybridized carbons (Fsp3) is 0.250. The zero-order chi connectivity index (χ0) is 11.5. The third-order valence-corrected chi connectivity index (χ3v) is 2.56. The van der Waals surface area contributed by atoms with E-state index in [9.17, 15) is 0 Å². The Morgan fingerprint density at radius 2 is 1.94 bits per heavy atom. The Morgan fingerprint density at radius 3 is 2.50 bits per heavy atom. The summed E-state index contributed by atoms with van der Waals surface area (Å²) in [5.74, 6) is 0.862. The molecule has 84 valence electrons. The number of benzene rings is 1. The molecular weight excluding hydrogens is 202 g/mol. The van der Waals surface area contributed by atoms with Gasteiger partial charge in [0.2, 0.25) is 0 Å². The molecule has 0 saturated heterocycles. The molecule has 0 spiro atoms. The molecular formula is C12H15N3O. The Balaban J connectivity index is 2.05. The first-order valence-corrected chi connectivity index (χ1v) is 5.18. The van der Waals surface area contributed by atoms with Gasteiger partial charge in [-0.05, 0) is 38.1 Å². The minimum absolute atomic E-state index is 0.713. The highest BCUT2D eigenvalue weighted by Gasteiger charge is 2.07. The van der Waals surface area contributed by atoms with Crippen LogP contribution in [0, 0.1) is 13.8 Å². The Labute approximate surface area is 94.4 Å². The number of hydrogen-bond donors (Lipinski definition) is 2. The molecule has 4 heteroatoms. The van der Waals surface area contributed by atoms with Gasteiger partial charge in [-0.15, -0.1) is 0 Å². The predicted octanol–water partition coefficient (Wildman–Crippen LogP) is 2.49. The van der Waals surface area contributed by atoms with Crippen LogP contribution in [0.5, 0.6) is 0 Å². The van der Waals surface area contributed by atoms with E-state index in [0.29, 0.717) is 6.54 Å². The molecule has 0 fully saturated rings. The number of aryl methyl sites for hydroxylation is 2. The molecule has 2 rings (SSSR count). The highest BCUT2D eigenvalue weighted by Crippen LogP contribution is 2.16. The van der Waals surface area contributed by atoms with Crippen LogP contribution in [0.2, 0.25) is 0 Å². The molecule has 16 heavy (non-hydrogen) atoms. The number of nitrogen functional groups attached to an aromatic ring is 1. The van der Waals surface area contributed by atoms with Gasteiger partial charge >= 0.3 is 0 Å². The smallest absolute Gasteiger partial charge is 0.138 e. The lowest BCUT2D eigenvalue weighted by molar-refractivity contribution is 0.392. The van der Waals surface area contributed by atoms with Crippen molar-refractivity contribution in [3.8, 4) is 0 Å². The van der Waals surface area contributed by atoms with Crippen LogP contribution in [-0.4, -0.2) is 5.16 Å². The van der Waals surface area contributed by atoms with Crippen LogP contribution in [0.25, 0.3) is 0 Å². The predicted molar refractivity (Wildman–Crippen MR) is 64.2 cm³/mol. The van der Waals surface area contributed by atoms with E-state index >= 15 is 0 Å². The second-order valence-electron chi connectivity index (χ2n) is 3.78. The van der Waals surface area contributed by atoms with Crippen molar-refractivity contribution in [1.29, 1.82) is 0 Å². The molecule has 0 atom stereocenters. The summed E-state index contributed by atoms with van der Waals surface area (Å²) in [4.78, 5) is 0. The molecule has 0 aliphatic heterocycles. The average Bonchev–Trinajstić information content (AvgIpc) is 2.59. The molecule has 3 N–H and O–H groups in total. The molecule has 2 aromatic rings. The van der Waals surface area contributed by atoms with Crippen molar-refractivity contribution in [3.05, 3.63) is 41.3 Å². The standard InChI is InChI=1S/C12H15N3O/c1-8-12(9(2)16-15-8)7-14-11-5-3-10(13)4-6-11/h3-6,14H,7,13H2,1-2H3. The van der Waals surface area contributed by atoms with Crippen LogP contribution < -0.4 is 11.1 Å². The van der Waals surface area contributed by atoms with Crippen LogP contribution in [-0.2, 0) is 6.54 Å². The van der Waals surface area contributed by atoms with E-state index in [0.717, 1.165) is 28.4 Å². The number of hydrogen-bond acceptors (Lipinski definition) is 4. The van der Waals surface area contributed by atoms with Crippen molar-refractivity contribution in [2.45, 2.75) is 20.4 Å². The minimum atomic E-state index is 0.713. The number of anilines is 2. The van der Waals surface area contributed by atoms with Gasteiger partial charge in [-0.1, -0.05) is 5.16 Å². The van der Waals surface area contributed by atoms with Crippen molar-refractivity contribution in [1.82, 2.24) is 5.16 Å². The number of nitrogens with zero attached hydrogens (tertiary/aromatic N) is 1. The first kappa shape index (κ1) is 10.5. The summed E-state index contributed by atoms with van der Waals surface area (Å²) in [5, 5.41) is 7.21. The fourth-order valence-corrected chi connectivity index (χ4v) is 1.55. The zero-order valence-electron chi connectivity index (χ0n) is 9.45. The topological polar surface area (TPSA) is 64.1 Å². The van der Waals surface area contributed by atoms with Crippen molar-refractivity contribution in [3.63, 3.8) is 0 Å². The molecule has 1 aromatic carbocycles. The van der Waals surface area contributed by atoms with Crippen LogP contribution in [0.3, 0.4) is 0 Å². The SMILES string of the molecule is Cc1noc(C)c1CNc1ccc(N)cc1. The molecule has 4 nitrogen and oxygen atoms in total. The van der Waals surface area contributed by atoms with Gasteiger partial charge in [0.05, 0.1) is 5.69 Å². The molecule has 0 saturated carbocycles. The first-order chi connectivity index (χ1) is 7.66. The third-order valence-electron chi connectivity index (χ3n) is 2.56. The van der Waals surface area contributed by atoms with Crippen LogP contribution in [0.4, 0.5) is 11.4 Å². The van der Waals surface area contributed by atoms with E-state index in [4.69, 9.17) is 10.3 Å². The second kappa shape index (κ2) is 4.26. The van der Waals surface area contributed by atoms with E-state index in [1.807, 2.05) is 38.1 Å². The highest BCUT2D eigenvalue weighted by molar-refractivity contribution is 5.51. The van der Waals surface area contributed by atoms with E-state index in [1.54, 1.807) is 0 Å². The van der Waals surface area contributed by atoms with Gasteiger partial charge in [-0.25, -0.2) is 0 Å². The third kappa shape index (κ3) is 2.16. The van der Waals surface area contributed by atoms with Gasteiger partial charge in [0.15, 0.2) is 0 Å². The number of aromatic nitrogens is 1. The van der Waals surface area contributed by atoms with E-state index in [-0.39, 0.29) is 0 Å². The summed E-state index contributed by atoms with van der Waals surface area (Å²) in [6.45, 7) is 4.57. The zero-order valence-corrected chi connectivity index (χ0v) is 9.45. The number of nitrogens with one attached hydrogen (secondary N) is 1. The van der Waals surface area contributed by atoms with Crippen LogP contribution >= 0.6 is 0 Å². The molecule has 0 unspecified atom stereocenters. The van der Waals surface area contributed by atoms with Gasteiger partial charge in [0.25, 0.3) is 0 Å². The average molecular weight is 217 g/mol. The van der Waals surface area contributed by atoms with Gasteiger partial charge < -0.3 is 15.6 Å². The van der Waals surface area contributed by atoms with Gasteiger partial charge in [0, 0.05) is 23.5 Å². The Bertz CT molecular complexity index is 454. The van der Waals surface area contributed by atoms with E-state index in [2.05, 4.69) is 10.5 Å². The largest absolute Gasteiger partial charge is 0.399 e. The lowest BCUT2D eigenvalue weighted by Crippen LogP contribution is -2.01. The summed E-state index contributed by atoms with van der Waals surface area (Å²) in [6.07, 6.45) is 0. The van der Waals surface area contributed by atoms with Gasteiger partial charge in [-0.3, -0.25) is 0 Å². The first-order valence-electron chi connectivity index (χ1n) is 5.18. The maximum Gasteiger partial charge on any atom is 0.138 e. The van der Waals surface area contributed by atoms with Crippen molar-refractivity contribution in [2.75, 3.05) is 11.1 Å². The molecule has 0 amide bonds. The van der Waals surface area contributed by atoms with Gasteiger partial charge in [-0.2, -0.15) is 0 Å². The van der Waals surface area contributed by atoms with Crippen molar-refractivity contribution in [2.24, 2.45) is 0 Å². The second-order valence-corrected chi connectivity index (χ2v) is 3.78. The highest BCUT2D eigenvalue weighted by atomic mass is 16.5. The summed E-state index contributed by atoms with van der Waals surface area (Å²) >= 11 is 0. The maximum atomic E-state index is 5.61. The molecule has 0 aliphatic carbocycles. The Morgan fingerprint density at radius 1 is 1.25 bits per heavy atom.